The summed E-state index contributed by atoms with van der Waals surface area (Å²) in [5.41, 5.74) is 2.08. The van der Waals surface area contributed by atoms with Crippen LogP contribution in [0.15, 0.2) is 78.9 Å². The molecule has 0 aromatic heterocycles. The quantitative estimate of drug-likeness (QED) is 0.0545. The third-order valence-corrected chi connectivity index (χ3v) is 10.2. The van der Waals surface area contributed by atoms with Crippen LogP contribution in [0.3, 0.4) is 0 Å². The summed E-state index contributed by atoms with van der Waals surface area (Å²) in [6.07, 6.45) is 1.23. The van der Waals surface area contributed by atoms with Crippen molar-refractivity contribution in [1.82, 2.24) is 4.67 Å². The monoisotopic (exact) mass is 680 g/mol. The van der Waals surface area contributed by atoms with Crippen LogP contribution in [0.25, 0.3) is 0 Å². The van der Waals surface area contributed by atoms with Crippen molar-refractivity contribution >= 4 is 8.30 Å². The lowest BCUT2D eigenvalue weighted by atomic mass is 9.80. The zero-order chi connectivity index (χ0) is 34.6. The van der Waals surface area contributed by atoms with Crippen LogP contribution in [0.2, 0.25) is 0 Å². The van der Waals surface area contributed by atoms with Gasteiger partial charge in [0, 0.05) is 24.7 Å². The summed E-state index contributed by atoms with van der Waals surface area (Å²) in [5.74, 6) is 1.55. The van der Waals surface area contributed by atoms with Gasteiger partial charge in [-0.05, 0) is 68.7 Å². The molecule has 0 aliphatic heterocycles. The minimum absolute atomic E-state index is 0.353. The Kier molecular flexibility index (Phi) is 17.9. The normalized spacial score (nSPS) is 12.4. The van der Waals surface area contributed by atoms with Crippen LogP contribution < -0.4 is 9.47 Å². The number of hydrogen-bond acceptors (Lipinski definition) is 9. The van der Waals surface area contributed by atoms with Crippen molar-refractivity contribution in [3.05, 3.63) is 95.6 Å². The van der Waals surface area contributed by atoms with E-state index in [4.69, 9.17) is 38.2 Å². The van der Waals surface area contributed by atoms with Crippen LogP contribution in [-0.2, 0) is 29.1 Å². The number of rotatable bonds is 24. The van der Waals surface area contributed by atoms with E-state index in [0.717, 1.165) is 34.4 Å². The highest BCUT2D eigenvalue weighted by Gasteiger charge is 2.37. The Morgan fingerprint density at radius 1 is 0.625 bits per heavy atom. The van der Waals surface area contributed by atoms with E-state index in [2.05, 4.69) is 50.6 Å². The number of nitriles is 1. The van der Waals surface area contributed by atoms with Gasteiger partial charge in [0.2, 0.25) is 0 Å². The highest BCUT2D eigenvalue weighted by Crippen LogP contribution is 2.45. The van der Waals surface area contributed by atoms with Crippen LogP contribution >= 0.6 is 8.30 Å². The summed E-state index contributed by atoms with van der Waals surface area (Å²) >= 11 is 0. The number of nitrogens with zero attached hydrogens (tertiary/aromatic N) is 2. The molecule has 0 bridgehead atoms. The maximum atomic E-state index is 9.06. The minimum atomic E-state index is -0.876. The predicted molar refractivity (Wildman–Crippen MR) is 191 cm³/mol. The average molecular weight is 681 g/mol. The first-order valence-electron chi connectivity index (χ1n) is 16.6. The zero-order valence-electron chi connectivity index (χ0n) is 29.4. The summed E-state index contributed by atoms with van der Waals surface area (Å²) in [7, 11) is 2.49. The Balaban J connectivity index is 1.46. The maximum Gasteiger partial charge on any atom is 0.143 e. The van der Waals surface area contributed by atoms with Crippen molar-refractivity contribution in [2.45, 2.75) is 51.8 Å². The number of methoxy groups -OCH3 is 2. The molecule has 0 aliphatic rings. The van der Waals surface area contributed by atoms with Crippen molar-refractivity contribution in [2.75, 3.05) is 73.2 Å². The second-order valence-electron chi connectivity index (χ2n) is 11.6. The summed E-state index contributed by atoms with van der Waals surface area (Å²) in [6.45, 7) is 12.2. The summed E-state index contributed by atoms with van der Waals surface area (Å²) in [6, 6.07) is 29.1. The van der Waals surface area contributed by atoms with Gasteiger partial charge >= 0.3 is 0 Å². The van der Waals surface area contributed by atoms with E-state index in [1.54, 1.807) is 14.2 Å². The minimum Gasteiger partial charge on any atom is -0.497 e. The summed E-state index contributed by atoms with van der Waals surface area (Å²) in [5, 5.41) is 9.06. The lowest BCUT2D eigenvalue weighted by Crippen LogP contribution is -2.34. The Hall–Kier alpha value is -3.06. The Morgan fingerprint density at radius 3 is 1.50 bits per heavy atom. The van der Waals surface area contributed by atoms with E-state index in [1.165, 1.54) is 0 Å². The van der Waals surface area contributed by atoms with Gasteiger partial charge in [0.05, 0.1) is 73.1 Å². The molecule has 1 unspecified atom stereocenters. The van der Waals surface area contributed by atoms with E-state index in [0.29, 0.717) is 71.4 Å². The summed E-state index contributed by atoms with van der Waals surface area (Å²) < 4.78 is 43.5. The molecular weight excluding hydrogens is 627 g/mol. The molecule has 0 spiro atoms. The summed E-state index contributed by atoms with van der Waals surface area (Å²) in [4.78, 5) is 0. The van der Waals surface area contributed by atoms with Crippen molar-refractivity contribution in [1.29, 1.82) is 5.26 Å². The third-order valence-electron chi connectivity index (χ3n) is 7.66. The standard InChI is InChI=1S/C38H53N2O7P/c1-31(2)40(32(3)4)48(30-10-21-39)47-29-27-45-25-23-43-22-24-44-26-28-46-38(33-11-8-7-9-12-33,34-13-17-36(41-5)18-14-34)35-15-19-37(42-6)20-16-35/h7-9,11-20,31-32H,10,22-30H2,1-6H3. The Morgan fingerprint density at radius 2 is 1.06 bits per heavy atom. The smallest absolute Gasteiger partial charge is 0.143 e. The largest absolute Gasteiger partial charge is 0.497 e. The molecule has 0 aliphatic carbocycles. The Labute approximate surface area is 288 Å². The topological polar surface area (TPSA) is 91.6 Å². The molecule has 48 heavy (non-hydrogen) atoms. The molecule has 262 valence electrons. The second-order valence-corrected chi connectivity index (χ2v) is 13.4. The van der Waals surface area contributed by atoms with Gasteiger partial charge in [-0.15, -0.1) is 0 Å². The number of benzene rings is 3. The molecule has 9 nitrogen and oxygen atoms in total. The zero-order valence-corrected chi connectivity index (χ0v) is 30.3. The molecule has 0 heterocycles. The van der Waals surface area contributed by atoms with Crippen LogP contribution in [0.1, 0.15) is 50.8 Å². The van der Waals surface area contributed by atoms with Crippen molar-refractivity contribution in [3.8, 4) is 17.6 Å². The third kappa shape index (κ3) is 11.8. The first-order valence-corrected chi connectivity index (χ1v) is 18.0. The molecule has 3 aromatic rings. The fourth-order valence-electron chi connectivity index (χ4n) is 5.58. The Bertz CT molecular complexity index is 1260. The molecule has 10 heteroatoms. The number of hydrogen-bond donors (Lipinski definition) is 0. The van der Waals surface area contributed by atoms with Crippen LogP contribution in [-0.4, -0.2) is 90.0 Å². The van der Waals surface area contributed by atoms with Crippen molar-refractivity contribution < 1.29 is 32.9 Å². The van der Waals surface area contributed by atoms with E-state index < -0.39 is 13.9 Å². The van der Waals surface area contributed by atoms with Gasteiger partial charge in [0.25, 0.3) is 0 Å². The van der Waals surface area contributed by atoms with Gasteiger partial charge in [0.1, 0.15) is 25.4 Å². The fourth-order valence-corrected chi connectivity index (χ4v) is 7.68. The lowest BCUT2D eigenvalue weighted by Gasteiger charge is -2.36. The van der Waals surface area contributed by atoms with Crippen LogP contribution in [0.5, 0.6) is 11.5 Å². The lowest BCUT2D eigenvalue weighted by molar-refractivity contribution is -0.0373. The molecular formula is C38H53N2O7P. The van der Waals surface area contributed by atoms with Gasteiger partial charge in [-0.1, -0.05) is 54.6 Å². The molecule has 0 saturated heterocycles. The molecule has 0 amide bonds. The van der Waals surface area contributed by atoms with Crippen molar-refractivity contribution in [3.63, 3.8) is 0 Å². The SMILES string of the molecule is COc1ccc(C(OCCOCCOCCOCCOP(CCC#N)N(C(C)C)C(C)C)(c2ccccc2)c2ccc(OC)cc2)cc1. The molecule has 0 radical (unpaired) electrons. The van der Waals surface area contributed by atoms with E-state index >= 15 is 0 Å². The van der Waals surface area contributed by atoms with Crippen LogP contribution in [0.4, 0.5) is 0 Å². The maximum absolute atomic E-state index is 9.06. The predicted octanol–water partition coefficient (Wildman–Crippen LogP) is 7.42. The molecule has 3 aromatic carbocycles. The molecule has 0 fully saturated rings. The van der Waals surface area contributed by atoms with Crippen LogP contribution in [0, 0.1) is 11.3 Å². The van der Waals surface area contributed by atoms with Gasteiger partial charge in [-0.2, -0.15) is 5.26 Å². The number of ether oxygens (including phenoxy) is 6. The first kappa shape index (κ1) is 39.4. The van der Waals surface area contributed by atoms with E-state index in [9.17, 15) is 0 Å². The second kappa shape index (κ2) is 21.8. The van der Waals surface area contributed by atoms with Gasteiger partial charge < -0.3 is 32.9 Å². The van der Waals surface area contributed by atoms with Gasteiger partial charge in [0.15, 0.2) is 0 Å². The molecule has 3 rings (SSSR count). The molecule has 0 N–H and O–H groups in total. The van der Waals surface area contributed by atoms with Crippen molar-refractivity contribution in [2.24, 2.45) is 0 Å². The fraction of sp³-hybridized carbons (Fsp3) is 0.500. The van der Waals surface area contributed by atoms with Gasteiger partial charge in [-0.3, -0.25) is 4.67 Å². The average Bonchev–Trinajstić information content (AvgIpc) is 3.11. The van der Waals surface area contributed by atoms with E-state index in [1.807, 2.05) is 66.7 Å². The highest BCUT2D eigenvalue weighted by molar-refractivity contribution is 7.50. The van der Waals surface area contributed by atoms with Gasteiger partial charge in [-0.25, -0.2) is 0 Å². The molecule has 1 atom stereocenters. The molecule has 0 saturated carbocycles. The van der Waals surface area contributed by atoms with E-state index in [-0.39, 0.29) is 0 Å². The first-order chi connectivity index (χ1) is 23.4. The highest BCUT2D eigenvalue weighted by atomic mass is 31.2.